The summed E-state index contributed by atoms with van der Waals surface area (Å²) in [6.07, 6.45) is -9.94. The fraction of sp³-hybridized carbons (Fsp3) is 0.727. The number of halogens is 6. The summed E-state index contributed by atoms with van der Waals surface area (Å²) in [5.74, 6) is -3.94. The second-order valence-corrected chi connectivity index (χ2v) is 4.52. The molecule has 1 heterocycles. The Labute approximate surface area is 122 Å². The summed E-state index contributed by atoms with van der Waals surface area (Å²) in [6, 6.07) is -1.99. The third-order valence-electron chi connectivity index (χ3n) is 2.89. The van der Waals surface area contributed by atoms with E-state index in [0.29, 0.717) is 0 Å². The van der Waals surface area contributed by atoms with Crippen molar-refractivity contribution in [1.82, 2.24) is 15.0 Å². The number of hydrogen-bond donors (Lipinski definition) is 2. The van der Waals surface area contributed by atoms with E-state index in [2.05, 4.69) is 15.0 Å². The van der Waals surface area contributed by atoms with Gasteiger partial charge in [-0.25, -0.2) is 0 Å². The predicted molar refractivity (Wildman–Crippen MR) is 67.1 cm³/mol. The van der Waals surface area contributed by atoms with Crippen LogP contribution in [0.2, 0.25) is 0 Å². The Balaban J connectivity index is 3.14. The second kappa shape index (κ2) is 6.53. The number of nitrogens with one attached hydrogen (secondary N) is 1. The summed E-state index contributed by atoms with van der Waals surface area (Å²) in [6.45, 7) is 2.52. The molecule has 0 fully saturated rings. The first kappa shape index (κ1) is 18.2. The Kier molecular flexibility index (Phi) is 5.41. The van der Waals surface area contributed by atoms with E-state index in [9.17, 15) is 26.3 Å². The molecule has 0 aliphatic rings. The van der Waals surface area contributed by atoms with Gasteiger partial charge < -0.3 is 11.1 Å². The number of aromatic nitrogens is 3. The molecule has 3 N–H and O–H groups in total. The van der Waals surface area contributed by atoms with Crippen molar-refractivity contribution in [2.45, 2.75) is 51.0 Å². The summed E-state index contributed by atoms with van der Waals surface area (Å²) in [4.78, 5) is 10.2. The van der Waals surface area contributed by atoms with E-state index in [1.54, 1.807) is 0 Å². The fourth-order valence-electron chi connectivity index (χ4n) is 1.76. The molecule has 22 heavy (non-hydrogen) atoms. The first-order chi connectivity index (χ1) is 9.98. The van der Waals surface area contributed by atoms with Gasteiger partial charge in [0.2, 0.25) is 11.9 Å². The third-order valence-corrected chi connectivity index (χ3v) is 2.89. The van der Waals surface area contributed by atoms with Gasteiger partial charge in [0.15, 0.2) is 0 Å². The van der Waals surface area contributed by atoms with Crippen LogP contribution in [0.5, 0.6) is 0 Å². The van der Waals surface area contributed by atoms with Crippen molar-refractivity contribution in [3.63, 3.8) is 0 Å². The van der Waals surface area contributed by atoms with E-state index in [0.717, 1.165) is 0 Å². The third kappa shape index (κ3) is 4.60. The molecule has 0 amide bonds. The van der Waals surface area contributed by atoms with Crippen LogP contribution in [0.1, 0.15) is 38.4 Å². The zero-order valence-corrected chi connectivity index (χ0v) is 11.8. The van der Waals surface area contributed by atoms with Crippen LogP contribution in [-0.2, 0) is 0 Å². The maximum absolute atomic E-state index is 12.8. The van der Waals surface area contributed by atoms with Gasteiger partial charge >= 0.3 is 12.4 Å². The van der Waals surface area contributed by atoms with E-state index in [1.807, 2.05) is 5.32 Å². The Morgan fingerprint density at radius 3 is 1.95 bits per heavy atom. The van der Waals surface area contributed by atoms with Crippen LogP contribution in [0.3, 0.4) is 0 Å². The topological polar surface area (TPSA) is 76.7 Å². The zero-order chi connectivity index (χ0) is 17.1. The van der Waals surface area contributed by atoms with Gasteiger partial charge in [-0.15, -0.1) is 0 Å². The van der Waals surface area contributed by atoms with Crippen molar-refractivity contribution in [2.24, 2.45) is 0 Å². The van der Waals surface area contributed by atoms with Crippen LogP contribution in [0.25, 0.3) is 0 Å². The van der Waals surface area contributed by atoms with Crippen molar-refractivity contribution in [2.75, 3.05) is 11.1 Å². The van der Waals surface area contributed by atoms with Crippen LogP contribution in [0.15, 0.2) is 0 Å². The van der Waals surface area contributed by atoms with E-state index < -0.39 is 42.0 Å². The lowest BCUT2D eigenvalue weighted by Crippen LogP contribution is -2.36. The van der Waals surface area contributed by atoms with Gasteiger partial charge in [0.25, 0.3) is 0 Å². The van der Waals surface area contributed by atoms with E-state index in [1.165, 1.54) is 13.8 Å². The molecular weight excluding hydrogens is 316 g/mol. The van der Waals surface area contributed by atoms with Gasteiger partial charge in [-0.1, -0.05) is 13.8 Å². The monoisotopic (exact) mass is 331 g/mol. The molecule has 1 rings (SSSR count). The van der Waals surface area contributed by atoms with Crippen LogP contribution in [0.4, 0.5) is 38.2 Å². The number of nitrogen functional groups attached to an aromatic ring is 1. The van der Waals surface area contributed by atoms with Crippen molar-refractivity contribution < 1.29 is 26.3 Å². The first-order valence-corrected chi connectivity index (χ1v) is 6.40. The average molecular weight is 331 g/mol. The molecule has 0 aromatic carbocycles. The predicted octanol–water partition coefficient (Wildman–Crippen LogP) is 3.26. The van der Waals surface area contributed by atoms with Crippen LogP contribution < -0.4 is 11.1 Å². The minimum Gasteiger partial charge on any atom is -0.368 e. The molecular formula is C11H15F6N5. The quantitative estimate of drug-likeness (QED) is 0.810. The molecule has 2 unspecified atom stereocenters. The summed E-state index contributed by atoms with van der Waals surface area (Å²) in [5, 5.41) is 1.95. The highest BCUT2D eigenvalue weighted by Gasteiger charge is 2.42. The lowest BCUT2D eigenvalue weighted by Gasteiger charge is -2.21. The van der Waals surface area contributed by atoms with Crippen molar-refractivity contribution in [3.8, 4) is 0 Å². The molecule has 0 saturated heterocycles. The molecule has 126 valence electrons. The fourth-order valence-corrected chi connectivity index (χ4v) is 1.76. The molecule has 11 heteroatoms. The molecule has 0 aliphatic carbocycles. The molecule has 0 aliphatic heterocycles. The number of hydrogen-bond acceptors (Lipinski definition) is 5. The maximum Gasteiger partial charge on any atom is 0.408 e. The Bertz CT molecular complexity index is 501. The van der Waals surface area contributed by atoms with Gasteiger partial charge in [-0.2, -0.15) is 41.3 Å². The van der Waals surface area contributed by atoms with Crippen molar-refractivity contribution >= 4 is 11.9 Å². The molecule has 5 nitrogen and oxygen atoms in total. The maximum atomic E-state index is 12.8. The molecule has 2 atom stereocenters. The van der Waals surface area contributed by atoms with E-state index in [4.69, 9.17) is 5.73 Å². The lowest BCUT2D eigenvalue weighted by molar-refractivity contribution is -0.152. The first-order valence-electron chi connectivity index (χ1n) is 6.40. The number of rotatable bonds is 5. The molecule has 1 aromatic rings. The Morgan fingerprint density at radius 2 is 1.55 bits per heavy atom. The van der Waals surface area contributed by atoms with E-state index in [-0.39, 0.29) is 12.8 Å². The second-order valence-electron chi connectivity index (χ2n) is 4.52. The lowest BCUT2D eigenvalue weighted by atomic mass is 10.1. The number of anilines is 2. The molecule has 0 radical (unpaired) electrons. The van der Waals surface area contributed by atoms with Crippen LogP contribution >= 0.6 is 0 Å². The molecule has 0 spiro atoms. The van der Waals surface area contributed by atoms with Gasteiger partial charge in [0.1, 0.15) is 17.8 Å². The van der Waals surface area contributed by atoms with Crippen molar-refractivity contribution in [1.29, 1.82) is 0 Å². The standard InChI is InChI=1S/C11H15F6N5/c1-3-5(10(12,13)14)7-20-8(18)22-9(21-7)19-6(4-2)11(15,16)17/h5-6H,3-4H2,1-2H3,(H3,18,19,20,21,22). The smallest absolute Gasteiger partial charge is 0.368 e. The summed E-state index contributed by atoms with van der Waals surface area (Å²) < 4.78 is 76.6. The highest BCUT2D eigenvalue weighted by Crippen LogP contribution is 2.36. The summed E-state index contributed by atoms with van der Waals surface area (Å²) in [7, 11) is 0. The zero-order valence-electron chi connectivity index (χ0n) is 11.8. The Hall–Kier alpha value is -1.81. The van der Waals surface area contributed by atoms with Gasteiger partial charge in [0, 0.05) is 0 Å². The van der Waals surface area contributed by atoms with Gasteiger partial charge in [0.05, 0.1) is 0 Å². The molecule has 0 bridgehead atoms. The van der Waals surface area contributed by atoms with Crippen molar-refractivity contribution in [3.05, 3.63) is 5.82 Å². The van der Waals surface area contributed by atoms with Gasteiger partial charge in [-0.05, 0) is 12.8 Å². The highest BCUT2D eigenvalue weighted by atomic mass is 19.4. The normalized spacial score (nSPS) is 15.5. The van der Waals surface area contributed by atoms with Crippen LogP contribution in [-0.4, -0.2) is 33.3 Å². The number of alkyl halides is 6. The number of nitrogens with two attached hydrogens (primary N) is 1. The molecule has 1 aromatic heterocycles. The van der Waals surface area contributed by atoms with Crippen LogP contribution in [0, 0.1) is 0 Å². The summed E-state index contributed by atoms with van der Waals surface area (Å²) >= 11 is 0. The van der Waals surface area contributed by atoms with E-state index >= 15 is 0 Å². The average Bonchev–Trinajstić information content (AvgIpc) is 2.33. The van der Waals surface area contributed by atoms with Gasteiger partial charge in [-0.3, -0.25) is 0 Å². The Morgan fingerprint density at radius 1 is 0.955 bits per heavy atom. The molecule has 0 saturated carbocycles. The summed E-state index contributed by atoms with van der Waals surface area (Å²) in [5.41, 5.74) is 5.27. The SMILES string of the molecule is CCC(Nc1nc(N)nc(C(CC)C(F)(F)F)n1)C(F)(F)F. The highest BCUT2D eigenvalue weighted by molar-refractivity contribution is 5.33. The minimum absolute atomic E-state index is 0.346. The minimum atomic E-state index is -4.63. The number of nitrogens with zero attached hydrogens (tertiary/aromatic N) is 3. The largest absolute Gasteiger partial charge is 0.408 e.